The molecule has 0 spiro atoms. The van der Waals surface area contributed by atoms with Crippen LogP contribution in [0.15, 0.2) is 24.3 Å². The number of β-amino-alcohol motifs (C(OH)–C–C–N with tert-alkyl or cyclic N) is 1. The third kappa shape index (κ3) is 8.32. The van der Waals surface area contributed by atoms with Crippen LogP contribution in [-0.4, -0.2) is 78.8 Å². The molecule has 0 radical (unpaired) electrons. The minimum absolute atomic E-state index is 0.256. The van der Waals surface area contributed by atoms with E-state index < -0.39 is 0 Å². The molecule has 0 amide bonds. The van der Waals surface area contributed by atoms with Crippen LogP contribution >= 0.6 is 0 Å². The van der Waals surface area contributed by atoms with Crippen molar-refractivity contribution in [1.29, 1.82) is 0 Å². The van der Waals surface area contributed by atoms with Crippen molar-refractivity contribution in [3.05, 3.63) is 35.4 Å². The molecule has 25 heavy (non-hydrogen) atoms. The van der Waals surface area contributed by atoms with Gasteiger partial charge in [-0.2, -0.15) is 0 Å². The predicted octanol–water partition coefficient (Wildman–Crippen LogP) is 2.84. The van der Waals surface area contributed by atoms with Gasteiger partial charge in [-0.15, -0.1) is 0 Å². The highest BCUT2D eigenvalue weighted by Gasteiger charge is 2.16. The van der Waals surface area contributed by atoms with Crippen molar-refractivity contribution in [2.75, 3.05) is 59.0 Å². The number of benzene rings is 1. The Balaban J connectivity index is 0.00000151. The number of nitrogens with zero attached hydrogens (tertiary/aromatic N) is 3. The fraction of sp³-hybridized carbons (Fsp3) is 0.714. The van der Waals surface area contributed by atoms with Crippen LogP contribution in [0.1, 0.15) is 38.3 Å². The van der Waals surface area contributed by atoms with Crippen LogP contribution in [0.4, 0.5) is 0 Å². The molecule has 0 unspecified atom stereocenters. The van der Waals surface area contributed by atoms with Crippen molar-refractivity contribution in [3.63, 3.8) is 0 Å². The molecule has 1 aromatic rings. The maximum Gasteiger partial charge on any atom is 0.0558 e. The monoisotopic (exact) mass is 349 g/mol. The molecular weight excluding hydrogens is 310 g/mol. The van der Waals surface area contributed by atoms with Crippen molar-refractivity contribution in [2.24, 2.45) is 0 Å². The van der Waals surface area contributed by atoms with E-state index in [4.69, 9.17) is 0 Å². The molecule has 1 aromatic carbocycles. The third-order valence-corrected chi connectivity index (χ3v) is 4.81. The molecule has 0 atom stereocenters. The number of aryl methyl sites for hydroxylation is 1. The summed E-state index contributed by atoms with van der Waals surface area (Å²) >= 11 is 0. The summed E-state index contributed by atoms with van der Waals surface area (Å²) in [6.07, 6.45) is 1.21. The number of hydrogen-bond acceptors (Lipinski definition) is 4. The lowest BCUT2D eigenvalue weighted by molar-refractivity contribution is 0.172. The maximum absolute atomic E-state index is 9.29. The third-order valence-electron chi connectivity index (χ3n) is 4.81. The number of aliphatic hydroxyl groups is 1. The predicted molar refractivity (Wildman–Crippen MR) is 108 cm³/mol. The number of aliphatic hydroxyl groups excluding tert-OH is 1. The summed E-state index contributed by atoms with van der Waals surface area (Å²) in [5, 5.41) is 9.29. The minimum Gasteiger partial charge on any atom is -0.395 e. The molecule has 0 aliphatic carbocycles. The lowest BCUT2D eigenvalue weighted by atomic mass is 10.1. The summed E-state index contributed by atoms with van der Waals surface area (Å²) < 4.78 is 0. The first-order valence-electron chi connectivity index (χ1n) is 10.1. The van der Waals surface area contributed by atoms with E-state index in [1.807, 2.05) is 13.8 Å². The summed E-state index contributed by atoms with van der Waals surface area (Å²) in [5.41, 5.74) is 2.81. The molecule has 1 fully saturated rings. The molecular formula is C21H39N3O. The number of hydrogen-bond donors (Lipinski definition) is 1. The quantitative estimate of drug-likeness (QED) is 0.855. The Morgan fingerprint density at radius 2 is 1.36 bits per heavy atom. The highest BCUT2D eigenvalue weighted by molar-refractivity contribution is 5.25. The molecule has 2 rings (SSSR count). The first-order chi connectivity index (χ1) is 12.2. The molecule has 144 valence electrons. The Bertz CT molecular complexity index is 435. The zero-order valence-electron chi connectivity index (χ0n) is 16.9. The average Bonchev–Trinajstić information content (AvgIpc) is 2.72. The van der Waals surface area contributed by atoms with Crippen molar-refractivity contribution in [3.8, 4) is 0 Å². The molecule has 1 heterocycles. The van der Waals surface area contributed by atoms with Crippen LogP contribution in [-0.2, 0) is 6.54 Å². The summed E-state index contributed by atoms with van der Waals surface area (Å²) in [5.74, 6) is 0. The number of rotatable bonds is 6. The van der Waals surface area contributed by atoms with E-state index >= 15 is 0 Å². The summed E-state index contributed by atoms with van der Waals surface area (Å²) in [7, 11) is 0. The van der Waals surface area contributed by atoms with E-state index in [0.717, 1.165) is 52.4 Å². The van der Waals surface area contributed by atoms with Gasteiger partial charge in [-0.3, -0.25) is 9.80 Å². The van der Waals surface area contributed by atoms with Crippen LogP contribution in [0.25, 0.3) is 0 Å². The highest BCUT2D eigenvalue weighted by Crippen LogP contribution is 2.11. The largest absolute Gasteiger partial charge is 0.395 e. The van der Waals surface area contributed by atoms with Crippen LogP contribution in [0.3, 0.4) is 0 Å². The zero-order valence-corrected chi connectivity index (χ0v) is 16.9. The van der Waals surface area contributed by atoms with Crippen LogP contribution in [0.2, 0.25) is 0 Å². The van der Waals surface area contributed by atoms with Crippen LogP contribution < -0.4 is 0 Å². The van der Waals surface area contributed by atoms with Gasteiger partial charge in [0.1, 0.15) is 0 Å². The highest BCUT2D eigenvalue weighted by atomic mass is 16.3. The molecule has 1 saturated heterocycles. The van der Waals surface area contributed by atoms with Crippen molar-refractivity contribution >= 4 is 0 Å². The van der Waals surface area contributed by atoms with E-state index in [1.165, 1.54) is 24.1 Å². The SMILES string of the molecule is CC.CCCN1CCN(CCO)CCN(Cc2ccccc2C)CC1. The molecule has 1 aliphatic rings. The Labute approximate surface area is 155 Å². The molecule has 0 saturated carbocycles. The summed E-state index contributed by atoms with van der Waals surface area (Å²) in [6.45, 7) is 18.3. The van der Waals surface area contributed by atoms with Crippen molar-refractivity contribution < 1.29 is 5.11 Å². The van der Waals surface area contributed by atoms with E-state index in [2.05, 4.69) is 52.8 Å². The van der Waals surface area contributed by atoms with Gasteiger partial charge in [0, 0.05) is 52.4 Å². The Kier molecular flexibility index (Phi) is 11.7. The second-order valence-electron chi connectivity index (χ2n) is 6.61. The average molecular weight is 350 g/mol. The summed E-state index contributed by atoms with van der Waals surface area (Å²) in [6, 6.07) is 8.70. The normalized spacial score (nSPS) is 18.0. The Morgan fingerprint density at radius 1 is 0.840 bits per heavy atom. The lowest BCUT2D eigenvalue weighted by Crippen LogP contribution is -2.37. The van der Waals surface area contributed by atoms with Crippen molar-refractivity contribution in [2.45, 2.75) is 40.7 Å². The van der Waals surface area contributed by atoms with E-state index in [1.54, 1.807) is 0 Å². The summed E-state index contributed by atoms with van der Waals surface area (Å²) in [4.78, 5) is 7.54. The maximum atomic E-state index is 9.29. The van der Waals surface area contributed by atoms with E-state index in [-0.39, 0.29) is 6.61 Å². The zero-order chi connectivity index (χ0) is 18.5. The molecule has 0 bridgehead atoms. The molecule has 4 nitrogen and oxygen atoms in total. The Hall–Kier alpha value is -0.940. The fourth-order valence-corrected chi connectivity index (χ4v) is 3.28. The van der Waals surface area contributed by atoms with E-state index in [0.29, 0.717) is 0 Å². The second-order valence-corrected chi connectivity index (χ2v) is 6.61. The van der Waals surface area contributed by atoms with Gasteiger partial charge in [0.15, 0.2) is 0 Å². The standard InChI is InChI=1S/C19H33N3O.C2H6/c1-3-8-20-9-10-21(15-16-23)12-14-22(13-11-20)17-19-7-5-4-6-18(19)2;1-2/h4-7,23H,3,8-17H2,1-2H3;1-2H3. The van der Waals surface area contributed by atoms with Crippen LogP contribution in [0.5, 0.6) is 0 Å². The van der Waals surface area contributed by atoms with Gasteiger partial charge in [-0.25, -0.2) is 0 Å². The van der Waals surface area contributed by atoms with Gasteiger partial charge >= 0.3 is 0 Å². The van der Waals surface area contributed by atoms with Gasteiger partial charge in [0.25, 0.3) is 0 Å². The lowest BCUT2D eigenvalue weighted by Gasteiger charge is -2.26. The van der Waals surface area contributed by atoms with E-state index in [9.17, 15) is 5.11 Å². The minimum atomic E-state index is 0.256. The molecule has 1 aliphatic heterocycles. The topological polar surface area (TPSA) is 30.0 Å². The first kappa shape index (κ1) is 22.1. The van der Waals surface area contributed by atoms with Gasteiger partial charge < -0.3 is 10.0 Å². The van der Waals surface area contributed by atoms with Crippen LogP contribution in [0, 0.1) is 6.92 Å². The molecule has 0 aromatic heterocycles. The van der Waals surface area contributed by atoms with Gasteiger partial charge in [-0.1, -0.05) is 45.0 Å². The van der Waals surface area contributed by atoms with Gasteiger partial charge in [0.2, 0.25) is 0 Å². The first-order valence-corrected chi connectivity index (χ1v) is 10.1. The fourth-order valence-electron chi connectivity index (χ4n) is 3.28. The smallest absolute Gasteiger partial charge is 0.0558 e. The van der Waals surface area contributed by atoms with Gasteiger partial charge in [0.05, 0.1) is 6.61 Å². The van der Waals surface area contributed by atoms with Crippen molar-refractivity contribution in [1.82, 2.24) is 14.7 Å². The molecule has 1 N–H and O–H groups in total. The second kappa shape index (κ2) is 13.3. The Morgan fingerprint density at radius 3 is 1.88 bits per heavy atom. The van der Waals surface area contributed by atoms with Gasteiger partial charge in [-0.05, 0) is 31.0 Å². The molecule has 4 heteroatoms.